The van der Waals surface area contributed by atoms with Crippen LogP contribution in [0.25, 0.3) is 21.8 Å². The SMILES string of the molecule is CC(=O)NCC(C1CCN(C(=O)OC(C)(C)C)CC1)N1CCC(c2c[nH]c3ccccc23)CC1.CC(C)(C)OC(=O)N1CCC(C(CN)N2CCC(c3c[nH]c4ccccc34)CC2)CC1.ClCCl. The molecular formula is C53H80Cl2N8O5. The van der Waals surface area contributed by atoms with E-state index in [9.17, 15) is 14.4 Å². The molecule has 4 saturated heterocycles. The van der Waals surface area contributed by atoms with Crippen LogP contribution in [-0.4, -0.2) is 142 Å². The summed E-state index contributed by atoms with van der Waals surface area (Å²) in [4.78, 5) is 52.3. The number of para-hydroxylation sites is 2. The highest BCUT2D eigenvalue weighted by atomic mass is 35.5. The second kappa shape index (κ2) is 24.7. The lowest BCUT2D eigenvalue weighted by Crippen LogP contribution is -2.53. The molecule has 15 heteroatoms. The van der Waals surface area contributed by atoms with E-state index in [1.165, 1.54) is 45.8 Å². The summed E-state index contributed by atoms with van der Waals surface area (Å²) in [5, 5.41) is 5.98. The standard InChI is InChI=1S/C27H40N4O3.C25H38N4O2.CH2Cl2/c1-19(32)28-18-25(21-11-15-31(16-12-21)26(33)34-27(2,3)4)30-13-9-20(10-14-30)23-17-29-24-8-6-5-7-22(23)24;1-25(2,3)31-24(30)29-14-10-19(11-15-29)23(16-26)28-12-8-18(9-13-28)21-17-27-22-7-5-4-6-20(21)22;2-1-3/h5-8,17,20-21,25,29H,9-16,18H2,1-4H3,(H,28,32);4-7,17-19,23,27H,8-16,26H2,1-3H3;1H2. The zero-order chi connectivity index (χ0) is 49.0. The van der Waals surface area contributed by atoms with Crippen LogP contribution in [0.3, 0.4) is 0 Å². The molecule has 2 atom stereocenters. The molecule has 4 aliphatic heterocycles. The molecule has 0 bridgehead atoms. The molecule has 13 nitrogen and oxygen atoms in total. The summed E-state index contributed by atoms with van der Waals surface area (Å²) >= 11 is 9.53. The lowest BCUT2D eigenvalue weighted by atomic mass is 9.84. The van der Waals surface area contributed by atoms with Crippen molar-refractivity contribution in [1.82, 2.24) is 34.9 Å². The summed E-state index contributed by atoms with van der Waals surface area (Å²) in [6.45, 7) is 21.6. The molecule has 4 aromatic rings. The van der Waals surface area contributed by atoms with Gasteiger partial charge in [0.25, 0.3) is 0 Å². The van der Waals surface area contributed by atoms with Crippen molar-refractivity contribution in [3.63, 3.8) is 0 Å². The van der Waals surface area contributed by atoms with Crippen LogP contribution in [0.1, 0.15) is 123 Å². The van der Waals surface area contributed by atoms with Crippen molar-refractivity contribution in [2.24, 2.45) is 17.6 Å². The highest BCUT2D eigenvalue weighted by Crippen LogP contribution is 2.37. The van der Waals surface area contributed by atoms with Crippen LogP contribution in [0.5, 0.6) is 0 Å². The molecule has 0 aliphatic carbocycles. The van der Waals surface area contributed by atoms with Gasteiger partial charge in [-0.2, -0.15) is 0 Å². The maximum absolute atomic E-state index is 12.5. The molecule has 8 rings (SSSR count). The number of carbonyl (C=O) groups is 3. The van der Waals surface area contributed by atoms with E-state index < -0.39 is 11.2 Å². The zero-order valence-electron chi connectivity index (χ0n) is 41.8. The number of rotatable bonds is 9. The molecule has 0 spiro atoms. The first-order valence-corrected chi connectivity index (χ1v) is 26.2. The Bertz CT molecular complexity index is 2190. The molecule has 5 N–H and O–H groups in total. The number of ether oxygens (including phenoxy) is 2. The van der Waals surface area contributed by atoms with Crippen LogP contribution >= 0.6 is 23.2 Å². The van der Waals surface area contributed by atoms with E-state index in [2.05, 4.69) is 86.0 Å². The van der Waals surface area contributed by atoms with Gasteiger partial charge in [-0.1, -0.05) is 36.4 Å². The number of carbonyl (C=O) groups excluding carboxylic acids is 3. The molecule has 6 heterocycles. The highest BCUT2D eigenvalue weighted by molar-refractivity contribution is 6.40. The molecule has 0 saturated carbocycles. The lowest BCUT2D eigenvalue weighted by Gasteiger charge is -2.44. The summed E-state index contributed by atoms with van der Waals surface area (Å²) < 4.78 is 11.1. The first-order chi connectivity index (χ1) is 32.5. The third-order valence-corrected chi connectivity index (χ3v) is 14.4. The fraction of sp³-hybridized carbons (Fsp3) is 0.642. The second-order valence-electron chi connectivity index (χ2n) is 21.2. The minimum absolute atomic E-state index is 0.0184. The summed E-state index contributed by atoms with van der Waals surface area (Å²) in [5.74, 6) is 2.19. The van der Waals surface area contributed by atoms with Crippen LogP contribution < -0.4 is 11.1 Å². The molecule has 2 aromatic heterocycles. The van der Waals surface area contributed by atoms with Gasteiger partial charge in [-0.05, 0) is 166 Å². The lowest BCUT2D eigenvalue weighted by molar-refractivity contribution is -0.119. The van der Waals surface area contributed by atoms with Crippen molar-refractivity contribution < 1.29 is 23.9 Å². The number of fused-ring (bicyclic) bond motifs is 2. The monoisotopic (exact) mass is 979 g/mol. The normalized spacial score (nSPS) is 19.7. The number of nitrogens with two attached hydrogens (primary N) is 1. The summed E-state index contributed by atoms with van der Waals surface area (Å²) in [5.41, 5.74) is 10.7. The Morgan fingerprint density at radius 1 is 0.632 bits per heavy atom. The molecular weight excluding hydrogens is 900 g/mol. The summed E-state index contributed by atoms with van der Waals surface area (Å²) in [6.07, 6.45) is 12.5. The number of likely N-dealkylation sites (tertiary alicyclic amines) is 4. The average molecular weight is 980 g/mol. The maximum atomic E-state index is 12.5. The Hall–Kier alpha value is -4.01. The molecule has 68 heavy (non-hydrogen) atoms. The molecule has 3 amide bonds. The van der Waals surface area contributed by atoms with Gasteiger partial charge in [-0.15, -0.1) is 23.2 Å². The number of H-pyrrole nitrogens is 2. The number of amides is 3. The van der Waals surface area contributed by atoms with Crippen LogP contribution in [0.15, 0.2) is 60.9 Å². The van der Waals surface area contributed by atoms with Crippen molar-refractivity contribution >= 4 is 63.1 Å². The van der Waals surface area contributed by atoms with E-state index in [0.717, 1.165) is 77.8 Å². The Kier molecular flexibility index (Phi) is 19.4. The fourth-order valence-corrected chi connectivity index (χ4v) is 11.0. The number of nitrogens with zero attached hydrogens (tertiary/aromatic N) is 4. The van der Waals surface area contributed by atoms with Crippen LogP contribution in [-0.2, 0) is 14.3 Å². The third-order valence-electron chi connectivity index (χ3n) is 14.4. The van der Waals surface area contributed by atoms with E-state index in [1.54, 1.807) is 6.92 Å². The van der Waals surface area contributed by atoms with Crippen LogP contribution in [0.4, 0.5) is 9.59 Å². The van der Waals surface area contributed by atoms with Gasteiger partial charge in [0.15, 0.2) is 0 Å². The number of nitrogens with one attached hydrogen (secondary N) is 3. The first-order valence-electron chi connectivity index (χ1n) is 25.1. The number of benzene rings is 2. The number of alkyl halides is 2. The number of piperidine rings is 4. The van der Waals surface area contributed by atoms with Gasteiger partial charge in [-0.3, -0.25) is 14.6 Å². The average Bonchev–Trinajstić information content (AvgIpc) is 3.95. The van der Waals surface area contributed by atoms with E-state index >= 15 is 0 Å². The van der Waals surface area contributed by atoms with Crippen molar-refractivity contribution in [3.05, 3.63) is 72.1 Å². The summed E-state index contributed by atoms with van der Waals surface area (Å²) in [7, 11) is 0. The van der Waals surface area contributed by atoms with Gasteiger partial charge in [0.1, 0.15) is 11.2 Å². The maximum Gasteiger partial charge on any atom is 0.410 e. The Morgan fingerprint density at radius 2 is 1.00 bits per heavy atom. The molecule has 0 radical (unpaired) electrons. The Labute approximate surface area is 415 Å². The fourth-order valence-electron chi connectivity index (χ4n) is 11.0. The van der Waals surface area contributed by atoms with Gasteiger partial charge in [0.2, 0.25) is 5.91 Å². The molecule has 4 aliphatic rings. The number of hydrogen-bond acceptors (Lipinski definition) is 8. The molecule has 2 aromatic carbocycles. The number of aromatic amines is 2. The Balaban J connectivity index is 0.000000213. The number of hydrogen-bond donors (Lipinski definition) is 4. The second-order valence-corrected chi connectivity index (χ2v) is 22.0. The largest absolute Gasteiger partial charge is 0.444 e. The van der Waals surface area contributed by atoms with Crippen molar-refractivity contribution in [1.29, 1.82) is 0 Å². The molecule has 2 unspecified atom stereocenters. The highest BCUT2D eigenvalue weighted by Gasteiger charge is 2.37. The first kappa shape index (κ1) is 53.3. The van der Waals surface area contributed by atoms with Gasteiger partial charge in [0.05, 0.1) is 5.34 Å². The summed E-state index contributed by atoms with van der Waals surface area (Å²) in [6, 6.07) is 17.9. The minimum atomic E-state index is -0.475. The van der Waals surface area contributed by atoms with E-state index in [0.29, 0.717) is 61.9 Å². The van der Waals surface area contributed by atoms with Gasteiger partial charge < -0.3 is 40.3 Å². The smallest absolute Gasteiger partial charge is 0.410 e. The zero-order valence-corrected chi connectivity index (χ0v) is 43.3. The van der Waals surface area contributed by atoms with Gasteiger partial charge >= 0.3 is 12.2 Å². The van der Waals surface area contributed by atoms with Gasteiger partial charge in [-0.25, -0.2) is 9.59 Å². The van der Waals surface area contributed by atoms with E-state index in [1.807, 2.05) is 51.3 Å². The van der Waals surface area contributed by atoms with Crippen molar-refractivity contribution in [2.45, 2.75) is 135 Å². The van der Waals surface area contributed by atoms with Crippen LogP contribution in [0, 0.1) is 11.8 Å². The van der Waals surface area contributed by atoms with Crippen molar-refractivity contribution in [3.8, 4) is 0 Å². The quantitative estimate of drug-likeness (QED) is 0.121. The predicted molar refractivity (Wildman–Crippen MR) is 277 cm³/mol. The topological polar surface area (TPSA) is 152 Å². The number of aromatic nitrogens is 2. The Morgan fingerprint density at radius 3 is 1.37 bits per heavy atom. The van der Waals surface area contributed by atoms with Crippen LogP contribution in [0.2, 0.25) is 0 Å². The van der Waals surface area contributed by atoms with E-state index in [-0.39, 0.29) is 23.4 Å². The van der Waals surface area contributed by atoms with Gasteiger partial charge in [0, 0.05) is 92.5 Å². The predicted octanol–water partition coefficient (Wildman–Crippen LogP) is 10.2. The minimum Gasteiger partial charge on any atom is -0.444 e. The number of halogens is 2. The third kappa shape index (κ3) is 14.8. The van der Waals surface area contributed by atoms with Crippen molar-refractivity contribution in [2.75, 3.05) is 70.8 Å². The molecule has 4 fully saturated rings. The van der Waals surface area contributed by atoms with E-state index in [4.69, 9.17) is 38.4 Å². The molecule has 376 valence electrons.